The molecule has 1 aromatic rings. The fourth-order valence-electron chi connectivity index (χ4n) is 3.62. The van der Waals surface area contributed by atoms with E-state index in [-0.39, 0.29) is 11.8 Å². The van der Waals surface area contributed by atoms with Crippen LogP contribution in [0, 0.1) is 10.1 Å². The molecule has 0 saturated carbocycles. The molecule has 3 saturated heterocycles. The second kappa shape index (κ2) is 6.39. The van der Waals surface area contributed by atoms with Crippen LogP contribution in [0.25, 0.3) is 0 Å². The first-order valence-corrected chi connectivity index (χ1v) is 8.88. The van der Waals surface area contributed by atoms with E-state index in [0.717, 1.165) is 0 Å². The van der Waals surface area contributed by atoms with E-state index in [1.165, 1.54) is 12.1 Å². The zero-order chi connectivity index (χ0) is 19.4. The number of rotatable bonds is 4. The summed E-state index contributed by atoms with van der Waals surface area (Å²) in [5.41, 5.74) is -0.00435. The first-order chi connectivity index (χ1) is 12.6. The monoisotopic (exact) mass is 381 g/mol. The van der Waals surface area contributed by atoms with Gasteiger partial charge in [0.25, 0.3) is 5.69 Å². The first kappa shape index (κ1) is 18.6. The molecule has 0 aliphatic carbocycles. The molecule has 27 heavy (non-hydrogen) atoms. The summed E-state index contributed by atoms with van der Waals surface area (Å²) in [5.74, 6) is -1.01. The minimum Gasteiger partial charge on any atom is -0.485 e. The SMILES string of the molecule is CC1(C)O[C@H]2O[C@H]([C@H]3COC(C)(C)O3)[C@H](Oc3ccc([N+](=O)[O-])cc3)[C@H]2O1. The number of benzene rings is 1. The lowest BCUT2D eigenvalue weighted by Gasteiger charge is -2.29. The maximum Gasteiger partial charge on any atom is 0.269 e. The minimum atomic E-state index is -0.788. The number of hydrogen-bond acceptors (Lipinski definition) is 8. The topological polar surface area (TPSA) is 98.5 Å². The Morgan fingerprint density at radius 2 is 1.74 bits per heavy atom. The number of ether oxygens (including phenoxy) is 6. The minimum absolute atomic E-state index is 0.00435. The van der Waals surface area contributed by atoms with Gasteiger partial charge in [0, 0.05) is 12.1 Å². The van der Waals surface area contributed by atoms with Crippen LogP contribution in [0.4, 0.5) is 5.69 Å². The lowest BCUT2D eigenvalue weighted by Crippen LogP contribution is -2.45. The second-order valence-electron chi connectivity index (χ2n) is 7.77. The average molecular weight is 381 g/mol. The number of nitro groups is 1. The quantitative estimate of drug-likeness (QED) is 0.579. The highest BCUT2D eigenvalue weighted by molar-refractivity contribution is 5.36. The van der Waals surface area contributed by atoms with E-state index in [0.29, 0.717) is 12.4 Å². The number of hydrogen-bond donors (Lipinski definition) is 0. The molecule has 9 nitrogen and oxygen atoms in total. The van der Waals surface area contributed by atoms with Crippen molar-refractivity contribution in [2.75, 3.05) is 6.61 Å². The highest BCUT2D eigenvalue weighted by Crippen LogP contribution is 2.42. The number of nitrogens with zero attached hydrogens (tertiary/aromatic N) is 1. The van der Waals surface area contributed by atoms with Crippen molar-refractivity contribution in [3.8, 4) is 5.75 Å². The van der Waals surface area contributed by atoms with E-state index in [1.807, 2.05) is 27.7 Å². The lowest BCUT2D eigenvalue weighted by molar-refractivity contribution is -0.384. The van der Waals surface area contributed by atoms with E-state index in [4.69, 9.17) is 28.4 Å². The lowest BCUT2D eigenvalue weighted by atomic mass is 10.1. The largest absolute Gasteiger partial charge is 0.485 e. The van der Waals surface area contributed by atoms with Crippen LogP contribution in [0.5, 0.6) is 5.75 Å². The van der Waals surface area contributed by atoms with Crippen LogP contribution in [0.15, 0.2) is 24.3 Å². The summed E-state index contributed by atoms with van der Waals surface area (Å²) in [7, 11) is 0. The van der Waals surface area contributed by atoms with Crippen LogP contribution < -0.4 is 4.74 Å². The van der Waals surface area contributed by atoms with Crippen molar-refractivity contribution < 1.29 is 33.3 Å². The molecule has 3 heterocycles. The average Bonchev–Trinajstić information content (AvgIpc) is 3.18. The van der Waals surface area contributed by atoms with Crippen molar-refractivity contribution in [2.45, 2.75) is 70.0 Å². The second-order valence-corrected chi connectivity index (χ2v) is 7.77. The normalized spacial score (nSPS) is 36.5. The van der Waals surface area contributed by atoms with Gasteiger partial charge in [0.05, 0.1) is 11.5 Å². The van der Waals surface area contributed by atoms with Crippen molar-refractivity contribution >= 4 is 5.69 Å². The summed E-state index contributed by atoms with van der Waals surface area (Å²) in [6.07, 6.45) is -2.36. The molecular formula is C18H23NO8. The van der Waals surface area contributed by atoms with Gasteiger partial charge in [0.15, 0.2) is 30.1 Å². The maximum absolute atomic E-state index is 10.8. The summed E-state index contributed by atoms with van der Waals surface area (Å²) in [5, 5.41) is 10.8. The molecule has 0 aromatic heterocycles. The molecule has 0 N–H and O–H groups in total. The number of nitro benzene ring substituents is 1. The molecule has 9 heteroatoms. The summed E-state index contributed by atoms with van der Waals surface area (Å²) in [4.78, 5) is 10.4. The van der Waals surface area contributed by atoms with Gasteiger partial charge in [-0.15, -0.1) is 0 Å². The molecule has 3 fully saturated rings. The molecule has 1 aromatic carbocycles. The third-order valence-corrected chi connectivity index (χ3v) is 4.74. The van der Waals surface area contributed by atoms with Gasteiger partial charge in [-0.25, -0.2) is 0 Å². The van der Waals surface area contributed by atoms with Crippen molar-refractivity contribution in [2.24, 2.45) is 0 Å². The van der Waals surface area contributed by atoms with Crippen molar-refractivity contribution in [3.05, 3.63) is 34.4 Å². The highest BCUT2D eigenvalue weighted by Gasteiger charge is 2.59. The highest BCUT2D eigenvalue weighted by atomic mass is 16.8. The Kier molecular flexibility index (Phi) is 4.39. The van der Waals surface area contributed by atoms with E-state index in [2.05, 4.69) is 0 Å². The van der Waals surface area contributed by atoms with Gasteiger partial charge in [-0.05, 0) is 39.8 Å². The third kappa shape index (κ3) is 3.65. The van der Waals surface area contributed by atoms with Gasteiger partial charge in [0.1, 0.15) is 18.0 Å². The van der Waals surface area contributed by atoms with Gasteiger partial charge >= 0.3 is 0 Å². The standard InChI is InChI=1S/C18H23NO8/c1-17(2)22-9-12(25-17)13-14(15-16(24-13)27-18(3,4)26-15)23-11-7-5-10(6-8-11)19(20)21/h5-8,12-16H,9H2,1-4H3/t12-,13-,14+,15-,16-/m1/s1. The Balaban J connectivity index is 1.56. The molecule has 0 bridgehead atoms. The van der Waals surface area contributed by atoms with Crippen molar-refractivity contribution in [1.82, 2.24) is 0 Å². The molecule has 4 rings (SSSR count). The maximum atomic E-state index is 10.8. The molecule has 148 valence electrons. The summed E-state index contributed by atoms with van der Waals surface area (Å²) >= 11 is 0. The number of fused-ring (bicyclic) bond motifs is 1. The molecule has 0 spiro atoms. The smallest absolute Gasteiger partial charge is 0.269 e. The van der Waals surface area contributed by atoms with Crippen molar-refractivity contribution in [3.63, 3.8) is 0 Å². The fourth-order valence-corrected chi connectivity index (χ4v) is 3.62. The van der Waals surface area contributed by atoms with Crippen LogP contribution in [0.1, 0.15) is 27.7 Å². The molecule has 0 unspecified atom stereocenters. The molecule has 3 aliphatic heterocycles. The third-order valence-electron chi connectivity index (χ3n) is 4.74. The molecule has 5 atom stereocenters. The Hall–Kier alpha value is -1.78. The molecule has 0 radical (unpaired) electrons. The zero-order valence-electron chi connectivity index (χ0n) is 15.6. The Bertz CT molecular complexity index is 719. The Morgan fingerprint density at radius 1 is 1.04 bits per heavy atom. The van der Waals surface area contributed by atoms with E-state index in [1.54, 1.807) is 12.1 Å². The summed E-state index contributed by atoms with van der Waals surface area (Å²) in [6, 6.07) is 5.90. The zero-order valence-corrected chi connectivity index (χ0v) is 15.6. The van der Waals surface area contributed by atoms with Crippen LogP contribution in [0.2, 0.25) is 0 Å². The van der Waals surface area contributed by atoms with Gasteiger partial charge in [-0.1, -0.05) is 0 Å². The van der Waals surface area contributed by atoms with Crippen LogP contribution in [-0.4, -0.2) is 53.8 Å². The van der Waals surface area contributed by atoms with Gasteiger partial charge in [0.2, 0.25) is 0 Å². The van der Waals surface area contributed by atoms with Crippen molar-refractivity contribution in [1.29, 1.82) is 0 Å². The van der Waals surface area contributed by atoms with Gasteiger partial charge < -0.3 is 28.4 Å². The van der Waals surface area contributed by atoms with E-state index in [9.17, 15) is 10.1 Å². The van der Waals surface area contributed by atoms with Crippen LogP contribution in [0.3, 0.4) is 0 Å². The molecule has 3 aliphatic rings. The fraction of sp³-hybridized carbons (Fsp3) is 0.667. The van der Waals surface area contributed by atoms with Crippen LogP contribution in [-0.2, 0) is 23.7 Å². The van der Waals surface area contributed by atoms with Gasteiger partial charge in [-0.3, -0.25) is 10.1 Å². The van der Waals surface area contributed by atoms with E-state index >= 15 is 0 Å². The predicted molar refractivity (Wildman–Crippen MR) is 91.1 cm³/mol. The Labute approximate surface area is 156 Å². The molecular weight excluding hydrogens is 358 g/mol. The molecule has 0 amide bonds. The van der Waals surface area contributed by atoms with Gasteiger partial charge in [-0.2, -0.15) is 0 Å². The first-order valence-electron chi connectivity index (χ1n) is 8.88. The summed E-state index contributed by atoms with van der Waals surface area (Å²) in [6.45, 7) is 7.66. The number of non-ortho nitro benzene ring substituents is 1. The van der Waals surface area contributed by atoms with Crippen LogP contribution >= 0.6 is 0 Å². The predicted octanol–water partition coefficient (Wildman–Crippen LogP) is 2.37. The summed E-state index contributed by atoms with van der Waals surface area (Å²) < 4.78 is 35.6. The Morgan fingerprint density at radius 3 is 2.33 bits per heavy atom. The van der Waals surface area contributed by atoms with E-state index < -0.39 is 41.1 Å².